The Bertz CT molecular complexity index is 425. The molecule has 1 aliphatic rings. The molecule has 0 heterocycles. The first-order chi connectivity index (χ1) is 9.26. The standard InChI is InChI=1S/C14H21N3O2/c15-14(16-19)11-5-7-13(8-6-11)17(9-10-18)12-3-1-2-4-12/h5-8,12,18-19H,1-4,9-10H2,(H2,15,16). The molecular weight excluding hydrogens is 242 g/mol. The third-order valence-electron chi connectivity index (χ3n) is 3.71. The van der Waals surface area contributed by atoms with Crippen molar-refractivity contribution in [2.75, 3.05) is 18.1 Å². The Morgan fingerprint density at radius 2 is 1.89 bits per heavy atom. The van der Waals surface area contributed by atoms with Gasteiger partial charge in [0.05, 0.1) is 6.61 Å². The van der Waals surface area contributed by atoms with Gasteiger partial charge in [0, 0.05) is 23.8 Å². The Morgan fingerprint density at radius 3 is 2.42 bits per heavy atom. The summed E-state index contributed by atoms with van der Waals surface area (Å²) in [5.41, 5.74) is 7.32. The minimum Gasteiger partial charge on any atom is -0.409 e. The van der Waals surface area contributed by atoms with Crippen molar-refractivity contribution in [1.29, 1.82) is 0 Å². The molecule has 2 rings (SSSR count). The van der Waals surface area contributed by atoms with E-state index < -0.39 is 0 Å². The molecule has 0 unspecified atom stereocenters. The molecule has 19 heavy (non-hydrogen) atoms. The number of rotatable bonds is 5. The van der Waals surface area contributed by atoms with Crippen LogP contribution in [0, 0.1) is 0 Å². The third-order valence-corrected chi connectivity index (χ3v) is 3.71. The summed E-state index contributed by atoms with van der Waals surface area (Å²) in [4.78, 5) is 2.25. The van der Waals surface area contributed by atoms with Crippen molar-refractivity contribution in [3.8, 4) is 0 Å². The summed E-state index contributed by atoms with van der Waals surface area (Å²) in [7, 11) is 0. The minimum absolute atomic E-state index is 0.112. The smallest absolute Gasteiger partial charge is 0.170 e. The molecule has 0 aromatic heterocycles. The molecule has 0 amide bonds. The van der Waals surface area contributed by atoms with Crippen molar-refractivity contribution in [2.24, 2.45) is 10.9 Å². The number of nitrogens with two attached hydrogens (primary N) is 1. The molecule has 1 aromatic carbocycles. The van der Waals surface area contributed by atoms with Crippen LogP contribution < -0.4 is 10.6 Å². The van der Waals surface area contributed by atoms with Crippen molar-refractivity contribution in [3.05, 3.63) is 29.8 Å². The van der Waals surface area contributed by atoms with Crippen molar-refractivity contribution in [1.82, 2.24) is 0 Å². The number of aliphatic hydroxyl groups is 1. The van der Waals surface area contributed by atoms with Crippen LogP contribution in [0.2, 0.25) is 0 Å². The van der Waals surface area contributed by atoms with E-state index in [0.717, 1.165) is 5.69 Å². The van der Waals surface area contributed by atoms with Crippen LogP contribution in [0.1, 0.15) is 31.2 Å². The summed E-state index contributed by atoms with van der Waals surface area (Å²) in [6.45, 7) is 0.798. The van der Waals surface area contributed by atoms with Gasteiger partial charge in [-0.05, 0) is 37.1 Å². The monoisotopic (exact) mass is 263 g/mol. The second kappa shape index (κ2) is 6.43. The molecule has 0 atom stereocenters. The highest BCUT2D eigenvalue weighted by Gasteiger charge is 2.22. The highest BCUT2D eigenvalue weighted by Crippen LogP contribution is 2.28. The molecule has 0 spiro atoms. The molecule has 5 nitrogen and oxygen atoms in total. The first-order valence-corrected chi connectivity index (χ1v) is 6.71. The van der Waals surface area contributed by atoms with E-state index >= 15 is 0 Å². The molecule has 1 fully saturated rings. The van der Waals surface area contributed by atoms with E-state index in [9.17, 15) is 5.11 Å². The quantitative estimate of drug-likeness (QED) is 0.325. The number of oxime groups is 1. The fraction of sp³-hybridized carbons (Fsp3) is 0.500. The number of amidine groups is 1. The number of hydrogen-bond acceptors (Lipinski definition) is 4. The normalized spacial score (nSPS) is 16.8. The summed E-state index contributed by atoms with van der Waals surface area (Å²) in [6.07, 6.45) is 4.88. The Morgan fingerprint density at radius 1 is 1.26 bits per heavy atom. The lowest BCUT2D eigenvalue weighted by molar-refractivity contribution is 0.297. The van der Waals surface area contributed by atoms with Gasteiger partial charge in [0.2, 0.25) is 0 Å². The van der Waals surface area contributed by atoms with Crippen LogP contribution >= 0.6 is 0 Å². The molecule has 104 valence electrons. The van der Waals surface area contributed by atoms with Gasteiger partial charge in [-0.25, -0.2) is 0 Å². The average molecular weight is 263 g/mol. The second-order valence-corrected chi connectivity index (χ2v) is 4.89. The van der Waals surface area contributed by atoms with Gasteiger partial charge in [0.1, 0.15) is 0 Å². The maximum absolute atomic E-state index is 9.23. The first-order valence-electron chi connectivity index (χ1n) is 6.71. The van der Waals surface area contributed by atoms with Crippen LogP contribution in [-0.4, -0.2) is 35.3 Å². The highest BCUT2D eigenvalue weighted by molar-refractivity contribution is 5.97. The zero-order valence-corrected chi connectivity index (χ0v) is 11.0. The summed E-state index contributed by atoms with van der Waals surface area (Å²) in [6, 6.07) is 8.11. The van der Waals surface area contributed by atoms with E-state index in [2.05, 4.69) is 10.1 Å². The van der Waals surface area contributed by atoms with Crippen molar-refractivity contribution in [2.45, 2.75) is 31.7 Å². The molecule has 1 aliphatic carbocycles. The van der Waals surface area contributed by atoms with Crippen LogP contribution in [0.3, 0.4) is 0 Å². The number of anilines is 1. The van der Waals surface area contributed by atoms with Gasteiger partial charge in [-0.1, -0.05) is 18.0 Å². The average Bonchev–Trinajstić information content (AvgIpc) is 2.98. The largest absolute Gasteiger partial charge is 0.409 e. The Kier molecular flexibility index (Phi) is 4.63. The van der Waals surface area contributed by atoms with Gasteiger partial charge >= 0.3 is 0 Å². The predicted molar refractivity (Wildman–Crippen MR) is 75.6 cm³/mol. The number of nitrogens with zero attached hydrogens (tertiary/aromatic N) is 2. The van der Waals surface area contributed by atoms with E-state index in [1.165, 1.54) is 25.7 Å². The SMILES string of the molecule is N/C(=N/O)c1ccc(N(CCO)C2CCCC2)cc1. The summed E-state index contributed by atoms with van der Waals surface area (Å²) < 4.78 is 0. The zero-order chi connectivity index (χ0) is 13.7. The van der Waals surface area contributed by atoms with Gasteiger partial charge in [0.15, 0.2) is 5.84 Å². The lowest BCUT2D eigenvalue weighted by Gasteiger charge is -2.30. The molecule has 5 heteroatoms. The fourth-order valence-electron chi connectivity index (χ4n) is 2.73. The van der Waals surface area contributed by atoms with Crippen molar-refractivity contribution < 1.29 is 10.3 Å². The predicted octanol–water partition coefficient (Wildman–Crippen LogP) is 1.52. The van der Waals surface area contributed by atoms with Crippen molar-refractivity contribution in [3.63, 3.8) is 0 Å². The lowest BCUT2D eigenvalue weighted by atomic mass is 10.1. The van der Waals surface area contributed by atoms with Crippen LogP contribution in [-0.2, 0) is 0 Å². The molecule has 0 radical (unpaired) electrons. The lowest BCUT2D eigenvalue weighted by Crippen LogP contribution is -2.35. The van der Waals surface area contributed by atoms with E-state index in [0.29, 0.717) is 18.2 Å². The molecule has 4 N–H and O–H groups in total. The molecule has 1 aromatic rings. The summed E-state index contributed by atoms with van der Waals surface area (Å²) in [5, 5.41) is 20.9. The summed E-state index contributed by atoms with van der Waals surface area (Å²) in [5.74, 6) is 0.112. The van der Waals surface area contributed by atoms with Crippen LogP contribution in [0.15, 0.2) is 29.4 Å². The molecule has 1 saturated carbocycles. The van der Waals surface area contributed by atoms with E-state index in [-0.39, 0.29) is 12.4 Å². The van der Waals surface area contributed by atoms with E-state index in [4.69, 9.17) is 10.9 Å². The van der Waals surface area contributed by atoms with Crippen LogP contribution in [0.4, 0.5) is 5.69 Å². The van der Waals surface area contributed by atoms with Crippen molar-refractivity contribution >= 4 is 11.5 Å². The topological polar surface area (TPSA) is 82.1 Å². The number of hydrogen-bond donors (Lipinski definition) is 3. The van der Waals surface area contributed by atoms with Gasteiger partial charge in [-0.2, -0.15) is 0 Å². The van der Waals surface area contributed by atoms with Crippen LogP contribution in [0.5, 0.6) is 0 Å². The minimum atomic E-state index is 0.112. The second-order valence-electron chi connectivity index (χ2n) is 4.89. The first kappa shape index (κ1) is 13.7. The highest BCUT2D eigenvalue weighted by atomic mass is 16.4. The van der Waals surface area contributed by atoms with Gasteiger partial charge < -0.3 is 20.9 Å². The Balaban J connectivity index is 2.17. The fourth-order valence-corrected chi connectivity index (χ4v) is 2.73. The molecular formula is C14H21N3O2. The maximum atomic E-state index is 9.23. The maximum Gasteiger partial charge on any atom is 0.170 e. The van der Waals surface area contributed by atoms with E-state index in [1.807, 2.05) is 24.3 Å². The summed E-state index contributed by atoms with van der Waals surface area (Å²) >= 11 is 0. The van der Waals surface area contributed by atoms with Gasteiger partial charge in [-0.15, -0.1) is 0 Å². The number of benzene rings is 1. The number of aliphatic hydroxyl groups excluding tert-OH is 1. The zero-order valence-electron chi connectivity index (χ0n) is 11.0. The molecule has 0 saturated heterocycles. The van der Waals surface area contributed by atoms with Gasteiger partial charge in [-0.3, -0.25) is 0 Å². The molecule has 0 aliphatic heterocycles. The third kappa shape index (κ3) is 3.17. The Labute approximate surface area is 113 Å². The molecule has 0 bridgehead atoms. The van der Waals surface area contributed by atoms with Crippen LogP contribution in [0.25, 0.3) is 0 Å². The Hall–Kier alpha value is -1.75. The van der Waals surface area contributed by atoms with Gasteiger partial charge in [0.25, 0.3) is 0 Å². The van der Waals surface area contributed by atoms with E-state index in [1.54, 1.807) is 0 Å².